The second-order valence-electron chi connectivity index (χ2n) is 5.52. The molecule has 0 amide bonds. The summed E-state index contributed by atoms with van der Waals surface area (Å²) in [5.74, 6) is 1.39. The van der Waals surface area contributed by atoms with Gasteiger partial charge in [0.1, 0.15) is 5.75 Å². The molecule has 0 aromatic heterocycles. The Morgan fingerprint density at radius 1 is 1.32 bits per heavy atom. The quantitative estimate of drug-likeness (QED) is 0.576. The lowest BCUT2D eigenvalue weighted by Gasteiger charge is -2.39. The van der Waals surface area contributed by atoms with E-state index < -0.39 is 16.4 Å². The fourth-order valence-corrected chi connectivity index (χ4v) is 3.25. The van der Waals surface area contributed by atoms with E-state index in [0.29, 0.717) is 5.92 Å². The van der Waals surface area contributed by atoms with Gasteiger partial charge in [0, 0.05) is 12.3 Å². The molecule has 0 radical (unpaired) electrons. The van der Waals surface area contributed by atoms with E-state index in [1.165, 1.54) is 38.5 Å². The lowest BCUT2D eigenvalue weighted by molar-refractivity contribution is 0.0463. The Balaban J connectivity index is 0.000000541. The topological polar surface area (TPSA) is 66.8 Å². The first-order chi connectivity index (χ1) is 10.5. The Morgan fingerprint density at radius 3 is 2.55 bits per heavy atom. The first-order valence-electron chi connectivity index (χ1n) is 7.71. The molecule has 1 saturated carbocycles. The van der Waals surface area contributed by atoms with E-state index in [0.717, 1.165) is 12.2 Å². The van der Waals surface area contributed by atoms with Crippen LogP contribution in [0.1, 0.15) is 51.9 Å². The highest BCUT2D eigenvalue weighted by atomic mass is 35.5. The summed E-state index contributed by atoms with van der Waals surface area (Å²) in [6, 6.07) is 9.99. The van der Waals surface area contributed by atoms with Gasteiger partial charge in [0.25, 0.3) is 11.4 Å². The highest BCUT2D eigenvalue weighted by molar-refractivity contribution is 7.73. The number of unbranched alkanes of at least 4 members (excludes halogenated alkanes) is 1. The predicted molar refractivity (Wildman–Crippen MR) is 90.5 cm³/mol. The second kappa shape index (κ2) is 10.2. The van der Waals surface area contributed by atoms with Crippen molar-refractivity contribution in [2.75, 3.05) is 0 Å². The number of alkyl halides is 1. The van der Waals surface area contributed by atoms with Gasteiger partial charge in [0.05, 0.1) is 0 Å². The maximum Gasteiger partial charge on any atom is 0.299 e. The molecule has 6 heteroatoms. The summed E-state index contributed by atoms with van der Waals surface area (Å²) in [6.45, 7) is 2.23. The number of hydrogen-bond donors (Lipinski definition) is 2. The standard InChI is InChI=1S/C16H23ClO.H2O3S/c1-2-3-9-14-10-7-8-13-16(14,17)18-15-11-5-4-6-12-15;1-4(2)3/h4-6,11-12,14H,2-3,7-10,13H2,1H3;(H2,1,2,3). The zero-order valence-corrected chi connectivity index (χ0v) is 14.5. The number of hydrogen-bond acceptors (Lipinski definition) is 2. The number of rotatable bonds is 5. The largest absolute Gasteiger partial charge is 0.472 e. The third-order valence-electron chi connectivity index (χ3n) is 3.87. The average Bonchev–Trinajstić information content (AvgIpc) is 2.47. The van der Waals surface area contributed by atoms with Crippen LogP contribution in [0.15, 0.2) is 30.3 Å². The Bertz CT molecular complexity index is 439. The minimum atomic E-state index is -2.61. The summed E-state index contributed by atoms with van der Waals surface area (Å²) < 4.78 is 29.0. The summed E-state index contributed by atoms with van der Waals surface area (Å²) in [4.78, 5) is 0. The van der Waals surface area contributed by atoms with Crippen LogP contribution in [-0.4, -0.2) is 18.4 Å². The van der Waals surface area contributed by atoms with Crippen molar-refractivity contribution in [3.8, 4) is 5.75 Å². The first kappa shape index (κ1) is 19.4. The van der Waals surface area contributed by atoms with Crippen molar-refractivity contribution in [2.45, 2.75) is 56.9 Å². The van der Waals surface area contributed by atoms with E-state index in [4.69, 9.17) is 29.7 Å². The van der Waals surface area contributed by atoms with E-state index in [1.54, 1.807) is 0 Å². The Morgan fingerprint density at radius 2 is 1.95 bits per heavy atom. The molecule has 1 aliphatic rings. The van der Waals surface area contributed by atoms with Crippen LogP contribution < -0.4 is 4.74 Å². The molecule has 2 atom stereocenters. The normalized spacial score (nSPS) is 24.5. The van der Waals surface area contributed by atoms with Crippen LogP contribution in [0.5, 0.6) is 5.75 Å². The molecule has 22 heavy (non-hydrogen) atoms. The van der Waals surface area contributed by atoms with Gasteiger partial charge in [-0.2, -0.15) is 4.21 Å². The lowest BCUT2D eigenvalue weighted by atomic mass is 9.82. The van der Waals surface area contributed by atoms with Gasteiger partial charge in [-0.3, -0.25) is 9.11 Å². The number of para-hydroxylation sites is 1. The molecule has 2 rings (SSSR count). The molecule has 1 fully saturated rings. The van der Waals surface area contributed by atoms with Crippen LogP contribution in [0, 0.1) is 5.92 Å². The predicted octanol–water partition coefficient (Wildman–Crippen LogP) is 5.06. The Hall–Kier alpha value is -0.620. The van der Waals surface area contributed by atoms with Gasteiger partial charge in [-0.05, 0) is 31.4 Å². The average molecular weight is 349 g/mol. The fourth-order valence-electron chi connectivity index (χ4n) is 2.81. The molecule has 2 N–H and O–H groups in total. The van der Waals surface area contributed by atoms with E-state index in [-0.39, 0.29) is 0 Å². The molecule has 0 aliphatic heterocycles. The summed E-state index contributed by atoms with van der Waals surface area (Å²) in [6.07, 6.45) is 8.31. The maximum absolute atomic E-state index is 8.67. The summed E-state index contributed by atoms with van der Waals surface area (Å²) in [5.41, 5.74) is 0. The van der Waals surface area contributed by atoms with E-state index in [1.807, 2.05) is 30.3 Å². The molecule has 1 aromatic rings. The van der Waals surface area contributed by atoms with Crippen LogP contribution in [0.25, 0.3) is 0 Å². The fraction of sp³-hybridized carbons (Fsp3) is 0.625. The number of ether oxygens (including phenoxy) is 1. The van der Waals surface area contributed by atoms with Crippen molar-refractivity contribution in [3.05, 3.63) is 30.3 Å². The van der Waals surface area contributed by atoms with Crippen LogP contribution in [0.4, 0.5) is 0 Å². The van der Waals surface area contributed by atoms with Gasteiger partial charge in [-0.15, -0.1) is 0 Å². The van der Waals surface area contributed by atoms with Crippen LogP contribution >= 0.6 is 11.6 Å². The molecule has 1 aromatic carbocycles. The molecule has 0 bridgehead atoms. The van der Waals surface area contributed by atoms with Crippen molar-refractivity contribution < 1.29 is 18.1 Å². The van der Waals surface area contributed by atoms with Crippen molar-refractivity contribution in [1.29, 1.82) is 0 Å². The van der Waals surface area contributed by atoms with E-state index in [9.17, 15) is 0 Å². The first-order valence-corrected chi connectivity index (χ1v) is 9.15. The van der Waals surface area contributed by atoms with Crippen LogP contribution in [0.2, 0.25) is 0 Å². The van der Waals surface area contributed by atoms with Crippen molar-refractivity contribution in [3.63, 3.8) is 0 Å². The lowest BCUT2D eigenvalue weighted by Crippen LogP contribution is -2.40. The smallest absolute Gasteiger partial charge is 0.299 e. The van der Waals surface area contributed by atoms with Crippen molar-refractivity contribution >= 4 is 23.0 Å². The monoisotopic (exact) mass is 348 g/mol. The number of halogens is 1. The van der Waals surface area contributed by atoms with E-state index >= 15 is 0 Å². The molecular weight excluding hydrogens is 324 g/mol. The minimum absolute atomic E-state index is 0.477. The van der Waals surface area contributed by atoms with Crippen molar-refractivity contribution in [2.24, 2.45) is 5.92 Å². The van der Waals surface area contributed by atoms with Crippen LogP contribution in [0.3, 0.4) is 0 Å². The summed E-state index contributed by atoms with van der Waals surface area (Å²) in [5, 5.41) is -0.477. The second-order valence-corrected chi connectivity index (χ2v) is 6.62. The molecule has 2 unspecified atom stereocenters. The van der Waals surface area contributed by atoms with Gasteiger partial charge in [0.2, 0.25) is 0 Å². The van der Waals surface area contributed by atoms with Gasteiger partial charge in [-0.1, -0.05) is 56.0 Å². The molecule has 1 aliphatic carbocycles. The zero-order valence-electron chi connectivity index (χ0n) is 12.9. The van der Waals surface area contributed by atoms with Gasteiger partial charge < -0.3 is 4.74 Å². The zero-order chi connectivity index (χ0) is 16.4. The third kappa shape index (κ3) is 7.09. The molecule has 0 spiro atoms. The number of benzene rings is 1. The molecule has 0 heterocycles. The molecule has 0 saturated heterocycles. The molecular formula is C16H25ClO4S. The Kier molecular flexibility index (Phi) is 9.02. The molecule has 126 valence electrons. The highest BCUT2D eigenvalue weighted by Gasteiger charge is 2.40. The molecule has 4 nitrogen and oxygen atoms in total. The van der Waals surface area contributed by atoms with Gasteiger partial charge >= 0.3 is 0 Å². The maximum atomic E-state index is 8.67. The Labute approximate surface area is 140 Å². The van der Waals surface area contributed by atoms with Crippen molar-refractivity contribution in [1.82, 2.24) is 0 Å². The highest BCUT2D eigenvalue weighted by Crippen LogP contribution is 2.43. The minimum Gasteiger partial charge on any atom is -0.472 e. The van der Waals surface area contributed by atoms with Gasteiger partial charge in [0.15, 0.2) is 5.06 Å². The SMILES string of the molecule is CCCCC1CCCCC1(Cl)Oc1ccccc1.O=S(O)O. The van der Waals surface area contributed by atoms with Crippen LogP contribution in [-0.2, 0) is 11.4 Å². The van der Waals surface area contributed by atoms with Gasteiger partial charge in [-0.25, -0.2) is 0 Å². The third-order valence-corrected chi connectivity index (χ3v) is 4.44. The van der Waals surface area contributed by atoms with E-state index in [2.05, 4.69) is 6.92 Å². The summed E-state index contributed by atoms with van der Waals surface area (Å²) in [7, 11) is 0. The summed E-state index contributed by atoms with van der Waals surface area (Å²) >= 11 is 4.18.